The molecule has 0 aromatic heterocycles. The zero-order chi connectivity index (χ0) is 21.6. The number of thioether (sulfide) groups is 2. The summed E-state index contributed by atoms with van der Waals surface area (Å²) in [6.45, 7) is 2.11. The SMILES string of the molecule is CSCCOC(=O)COc1ccc(/C=N\NC(=O)[C@@H](C)SCc2ccccc2)cc1. The van der Waals surface area contributed by atoms with Gasteiger partial charge in [0.1, 0.15) is 12.4 Å². The lowest BCUT2D eigenvalue weighted by Gasteiger charge is -2.09. The van der Waals surface area contributed by atoms with Gasteiger partial charge in [-0.2, -0.15) is 16.9 Å². The highest BCUT2D eigenvalue weighted by Gasteiger charge is 2.12. The molecule has 0 radical (unpaired) electrons. The number of nitrogens with zero attached hydrogens (tertiary/aromatic N) is 1. The minimum atomic E-state index is -0.392. The standard InChI is InChI=1S/C22H26N2O4S2/c1-17(30-16-19-6-4-3-5-7-19)22(26)24-23-14-18-8-10-20(11-9-18)28-15-21(25)27-12-13-29-2/h3-11,14,17H,12-13,15-16H2,1-2H3,(H,24,26)/b23-14-/t17-/m1/s1. The van der Waals surface area contributed by atoms with Gasteiger partial charge in [0.15, 0.2) is 6.61 Å². The van der Waals surface area contributed by atoms with Gasteiger partial charge in [-0.15, -0.1) is 11.8 Å². The molecule has 30 heavy (non-hydrogen) atoms. The van der Waals surface area contributed by atoms with Crippen LogP contribution in [0.1, 0.15) is 18.1 Å². The van der Waals surface area contributed by atoms with E-state index in [1.807, 2.05) is 43.5 Å². The van der Waals surface area contributed by atoms with Gasteiger partial charge in [-0.1, -0.05) is 30.3 Å². The molecule has 0 saturated heterocycles. The van der Waals surface area contributed by atoms with Gasteiger partial charge in [-0.3, -0.25) is 4.79 Å². The number of rotatable bonds is 12. The summed E-state index contributed by atoms with van der Waals surface area (Å²) < 4.78 is 10.4. The quantitative estimate of drug-likeness (QED) is 0.232. The third-order valence-corrected chi connectivity index (χ3v) is 5.68. The molecule has 0 fully saturated rings. The van der Waals surface area contributed by atoms with Crippen LogP contribution in [0, 0.1) is 0 Å². The van der Waals surface area contributed by atoms with Crippen LogP contribution in [0.15, 0.2) is 59.7 Å². The number of ether oxygens (including phenoxy) is 2. The maximum Gasteiger partial charge on any atom is 0.344 e. The summed E-state index contributed by atoms with van der Waals surface area (Å²) in [7, 11) is 0. The van der Waals surface area contributed by atoms with Gasteiger partial charge >= 0.3 is 5.97 Å². The molecule has 2 aromatic carbocycles. The summed E-state index contributed by atoms with van der Waals surface area (Å²) in [6.07, 6.45) is 3.51. The smallest absolute Gasteiger partial charge is 0.344 e. The largest absolute Gasteiger partial charge is 0.482 e. The van der Waals surface area contributed by atoms with Gasteiger partial charge in [0.25, 0.3) is 5.91 Å². The van der Waals surface area contributed by atoms with Crippen molar-refractivity contribution in [3.63, 3.8) is 0 Å². The van der Waals surface area contributed by atoms with Gasteiger partial charge in [0.05, 0.1) is 11.5 Å². The first-order valence-corrected chi connectivity index (χ1v) is 11.9. The van der Waals surface area contributed by atoms with Crippen LogP contribution in [0.25, 0.3) is 0 Å². The third kappa shape index (κ3) is 9.37. The highest BCUT2D eigenvalue weighted by atomic mass is 32.2. The fourth-order valence-corrected chi connectivity index (χ4v) is 3.29. The van der Waals surface area contributed by atoms with E-state index in [9.17, 15) is 9.59 Å². The van der Waals surface area contributed by atoms with Gasteiger partial charge in [0, 0.05) is 11.5 Å². The minimum Gasteiger partial charge on any atom is -0.482 e. The van der Waals surface area contributed by atoms with E-state index in [1.165, 1.54) is 5.56 Å². The Bertz CT molecular complexity index is 814. The number of amides is 1. The number of hydrogen-bond donors (Lipinski definition) is 1. The lowest BCUT2D eigenvalue weighted by Crippen LogP contribution is -2.26. The van der Waals surface area contributed by atoms with Crippen molar-refractivity contribution in [3.8, 4) is 5.75 Å². The Morgan fingerprint density at radius 1 is 1.13 bits per heavy atom. The Morgan fingerprint density at radius 2 is 1.87 bits per heavy atom. The van der Waals surface area contributed by atoms with Crippen LogP contribution in [-0.2, 0) is 20.1 Å². The highest BCUT2D eigenvalue weighted by Crippen LogP contribution is 2.17. The average molecular weight is 447 g/mol. The maximum atomic E-state index is 12.1. The Kier molecular flexibility index (Phi) is 10.9. The Labute approximate surface area is 185 Å². The van der Waals surface area contributed by atoms with Crippen LogP contribution in [0.5, 0.6) is 5.75 Å². The molecular formula is C22H26N2O4S2. The summed E-state index contributed by atoms with van der Waals surface area (Å²) in [4.78, 5) is 23.7. The lowest BCUT2D eigenvalue weighted by molar-refractivity contribution is -0.145. The van der Waals surface area contributed by atoms with E-state index in [0.29, 0.717) is 12.4 Å². The van der Waals surface area contributed by atoms with Crippen molar-refractivity contribution in [1.82, 2.24) is 5.43 Å². The topological polar surface area (TPSA) is 77.0 Å². The lowest BCUT2D eigenvalue weighted by atomic mass is 10.2. The van der Waals surface area contributed by atoms with Crippen molar-refractivity contribution in [2.75, 3.05) is 25.2 Å². The average Bonchev–Trinajstić information content (AvgIpc) is 2.77. The molecule has 8 heteroatoms. The van der Waals surface area contributed by atoms with Crippen molar-refractivity contribution in [2.24, 2.45) is 5.10 Å². The number of carbonyl (C=O) groups excluding carboxylic acids is 2. The van der Waals surface area contributed by atoms with E-state index < -0.39 is 5.97 Å². The zero-order valence-corrected chi connectivity index (χ0v) is 18.7. The summed E-state index contributed by atoms with van der Waals surface area (Å²) >= 11 is 3.17. The molecule has 0 saturated carbocycles. The van der Waals surface area contributed by atoms with Crippen LogP contribution in [0.3, 0.4) is 0 Å². The van der Waals surface area contributed by atoms with E-state index >= 15 is 0 Å². The first-order valence-electron chi connectivity index (χ1n) is 9.44. The van der Waals surface area contributed by atoms with Crippen LogP contribution in [-0.4, -0.2) is 48.6 Å². The fourth-order valence-electron chi connectivity index (χ4n) is 2.21. The molecule has 2 aromatic rings. The van der Waals surface area contributed by atoms with E-state index in [2.05, 4.69) is 10.5 Å². The first-order chi connectivity index (χ1) is 14.6. The summed E-state index contributed by atoms with van der Waals surface area (Å²) in [5.41, 5.74) is 4.54. The van der Waals surface area contributed by atoms with Crippen LogP contribution in [0.4, 0.5) is 0 Å². The number of benzene rings is 2. The van der Waals surface area contributed by atoms with Gasteiger partial charge in [-0.25, -0.2) is 10.2 Å². The predicted octanol–water partition coefficient (Wildman–Crippen LogP) is 3.74. The Balaban J connectivity index is 1.70. The Morgan fingerprint density at radius 3 is 2.57 bits per heavy atom. The summed E-state index contributed by atoms with van der Waals surface area (Å²) in [5, 5.41) is 3.79. The van der Waals surface area contributed by atoms with Crippen molar-refractivity contribution in [3.05, 3.63) is 65.7 Å². The molecule has 0 aliphatic heterocycles. The maximum absolute atomic E-state index is 12.1. The molecule has 0 unspecified atom stereocenters. The molecule has 0 bridgehead atoms. The zero-order valence-electron chi connectivity index (χ0n) is 17.1. The molecule has 1 atom stereocenters. The molecule has 1 N–H and O–H groups in total. The van der Waals surface area contributed by atoms with Gasteiger partial charge < -0.3 is 9.47 Å². The van der Waals surface area contributed by atoms with Gasteiger partial charge in [0.2, 0.25) is 0 Å². The molecule has 6 nitrogen and oxygen atoms in total. The van der Waals surface area contributed by atoms with E-state index in [1.54, 1.807) is 54.0 Å². The summed E-state index contributed by atoms with van der Waals surface area (Å²) in [6, 6.07) is 17.1. The minimum absolute atomic E-state index is 0.129. The number of hydrazone groups is 1. The molecule has 1 amide bonds. The number of hydrogen-bond acceptors (Lipinski definition) is 7. The third-order valence-electron chi connectivity index (χ3n) is 3.89. The molecule has 0 aliphatic rings. The molecule has 0 aliphatic carbocycles. The molecule has 160 valence electrons. The van der Waals surface area contributed by atoms with Crippen molar-refractivity contribution < 1.29 is 19.1 Å². The van der Waals surface area contributed by atoms with Crippen LogP contribution >= 0.6 is 23.5 Å². The number of carbonyl (C=O) groups is 2. The normalized spacial score (nSPS) is 11.8. The monoisotopic (exact) mass is 446 g/mol. The van der Waals surface area contributed by atoms with Crippen molar-refractivity contribution >= 4 is 41.6 Å². The number of esters is 1. The second-order valence-corrected chi connectivity index (χ2v) is 8.56. The van der Waals surface area contributed by atoms with E-state index in [-0.39, 0.29) is 17.8 Å². The summed E-state index contributed by atoms with van der Waals surface area (Å²) in [5.74, 6) is 1.56. The van der Waals surface area contributed by atoms with E-state index in [0.717, 1.165) is 17.1 Å². The second kappa shape index (κ2) is 13.7. The molecule has 0 spiro atoms. The number of nitrogens with one attached hydrogen (secondary N) is 1. The predicted molar refractivity (Wildman–Crippen MR) is 124 cm³/mol. The Hall–Kier alpha value is -2.45. The first kappa shape index (κ1) is 23.8. The highest BCUT2D eigenvalue weighted by molar-refractivity contribution is 7.99. The van der Waals surface area contributed by atoms with Crippen LogP contribution < -0.4 is 10.2 Å². The van der Waals surface area contributed by atoms with Crippen molar-refractivity contribution in [2.45, 2.75) is 17.9 Å². The second-order valence-electron chi connectivity index (χ2n) is 6.24. The molecular weight excluding hydrogens is 420 g/mol. The van der Waals surface area contributed by atoms with E-state index in [4.69, 9.17) is 9.47 Å². The fraction of sp³-hybridized carbons (Fsp3) is 0.318. The van der Waals surface area contributed by atoms with Crippen molar-refractivity contribution in [1.29, 1.82) is 0 Å². The molecule has 0 heterocycles. The van der Waals surface area contributed by atoms with Gasteiger partial charge in [-0.05, 0) is 48.6 Å². The van der Waals surface area contributed by atoms with Crippen LogP contribution in [0.2, 0.25) is 0 Å². The molecule has 2 rings (SSSR count).